The number of nitrogens with zero attached hydrogens (tertiary/aromatic N) is 3. The Hall–Kier alpha value is -3.18. The van der Waals surface area contributed by atoms with E-state index in [0.717, 1.165) is 18.5 Å². The van der Waals surface area contributed by atoms with Crippen LogP contribution in [0.1, 0.15) is 19.3 Å². The summed E-state index contributed by atoms with van der Waals surface area (Å²) >= 11 is 0. The number of alkyl halides is 3. The molecule has 3 rings (SSSR count). The van der Waals surface area contributed by atoms with E-state index in [1.165, 1.54) is 0 Å². The number of rotatable bonds is 3. The highest BCUT2D eigenvalue weighted by molar-refractivity contribution is 6.43. The number of hydrogen-bond acceptors (Lipinski definition) is 6. The van der Waals surface area contributed by atoms with Crippen LogP contribution in [-0.4, -0.2) is 63.8 Å². The first-order chi connectivity index (χ1) is 13.2. The number of carbonyl (C=O) groups excluding carboxylic acids is 2. The number of carboxylic acids is 1. The van der Waals surface area contributed by atoms with Crippen molar-refractivity contribution in [3.05, 3.63) is 24.5 Å². The van der Waals surface area contributed by atoms with E-state index in [-0.39, 0.29) is 18.2 Å². The summed E-state index contributed by atoms with van der Waals surface area (Å²) in [6.07, 6.45) is 0.270. The van der Waals surface area contributed by atoms with Crippen molar-refractivity contribution in [3.8, 4) is 0 Å². The van der Waals surface area contributed by atoms with Gasteiger partial charge in [-0.3, -0.25) is 14.6 Å². The van der Waals surface area contributed by atoms with Gasteiger partial charge in [-0.25, -0.2) is 10.2 Å². The molecule has 2 aliphatic heterocycles. The van der Waals surface area contributed by atoms with Crippen LogP contribution in [-0.2, 0) is 14.4 Å². The normalized spacial score (nSPS) is 17.2. The lowest BCUT2D eigenvalue weighted by atomic mass is 10.0. The Labute approximate surface area is 157 Å². The van der Waals surface area contributed by atoms with Gasteiger partial charge >= 0.3 is 12.1 Å². The van der Waals surface area contributed by atoms with E-state index in [1.807, 2.05) is 12.1 Å². The van der Waals surface area contributed by atoms with Crippen molar-refractivity contribution in [3.63, 3.8) is 0 Å². The van der Waals surface area contributed by atoms with E-state index >= 15 is 0 Å². The fourth-order valence-corrected chi connectivity index (χ4v) is 2.58. The Kier molecular flexibility index (Phi) is 6.90. The van der Waals surface area contributed by atoms with E-state index in [9.17, 15) is 22.8 Å². The predicted octanol–water partition coefficient (Wildman–Crippen LogP) is 0.994. The molecule has 1 aromatic heterocycles. The first-order valence-corrected chi connectivity index (χ1v) is 8.28. The minimum atomic E-state index is -5.08. The molecule has 0 unspecified atom stereocenters. The SMILES string of the molecule is O=C(O)C(F)(F)F.O=C1CC(C(=O)N2CCC(Nc3ccncc3)CC2)=NN1. The zero-order chi connectivity index (χ0) is 20.7. The highest BCUT2D eigenvalue weighted by atomic mass is 19.4. The number of amides is 2. The Morgan fingerprint density at radius 3 is 2.25 bits per heavy atom. The quantitative estimate of drug-likeness (QED) is 0.694. The van der Waals surface area contributed by atoms with Crippen molar-refractivity contribution < 1.29 is 32.7 Å². The van der Waals surface area contributed by atoms with Crippen molar-refractivity contribution in [2.24, 2.45) is 5.10 Å². The summed E-state index contributed by atoms with van der Waals surface area (Å²) in [4.78, 5) is 37.9. The Balaban J connectivity index is 0.000000345. The number of aromatic nitrogens is 1. The highest BCUT2D eigenvalue weighted by Gasteiger charge is 2.38. The molecule has 2 amide bonds. The number of anilines is 1. The first-order valence-electron chi connectivity index (χ1n) is 8.28. The average Bonchev–Trinajstić information content (AvgIpc) is 3.09. The second-order valence-corrected chi connectivity index (χ2v) is 6.02. The smallest absolute Gasteiger partial charge is 0.475 e. The topological polar surface area (TPSA) is 124 Å². The fourth-order valence-electron chi connectivity index (χ4n) is 2.58. The van der Waals surface area contributed by atoms with Crippen LogP contribution in [0, 0.1) is 0 Å². The summed E-state index contributed by atoms with van der Waals surface area (Å²) in [5.41, 5.74) is 3.68. The van der Waals surface area contributed by atoms with E-state index < -0.39 is 12.1 Å². The number of halogens is 3. The molecule has 0 atom stereocenters. The van der Waals surface area contributed by atoms with Gasteiger partial charge in [-0.2, -0.15) is 18.3 Å². The molecule has 2 aliphatic rings. The lowest BCUT2D eigenvalue weighted by Gasteiger charge is -2.32. The molecule has 152 valence electrons. The van der Waals surface area contributed by atoms with Gasteiger partial charge in [0.25, 0.3) is 5.91 Å². The minimum absolute atomic E-state index is 0.0913. The molecule has 0 spiro atoms. The Morgan fingerprint density at radius 1 is 1.21 bits per heavy atom. The monoisotopic (exact) mass is 401 g/mol. The number of nitrogens with one attached hydrogen (secondary N) is 2. The fraction of sp³-hybridized carbons (Fsp3) is 0.438. The molecular weight excluding hydrogens is 383 g/mol. The maximum atomic E-state index is 12.2. The number of aliphatic carboxylic acids is 1. The van der Waals surface area contributed by atoms with Crippen molar-refractivity contribution in [2.45, 2.75) is 31.5 Å². The molecule has 12 heteroatoms. The van der Waals surface area contributed by atoms with Gasteiger partial charge in [0.1, 0.15) is 5.71 Å². The maximum Gasteiger partial charge on any atom is 0.490 e. The molecule has 0 radical (unpaired) electrons. The van der Waals surface area contributed by atoms with Gasteiger partial charge in [0.2, 0.25) is 5.91 Å². The van der Waals surface area contributed by atoms with Crippen LogP contribution in [0.25, 0.3) is 0 Å². The summed E-state index contributed by atoms with van der Waals surface area (Å²) in [6, 6.07) is 4.21. The first kappa shape index (κ1) is 21.1. The molecular formula is C16H18F3N5O4. The third-order valence-corrected chi connectivity index (χ3v) is 3.97. The van der Waals surface area contributed by atoms with Gasteiger partial charge in [-0.1, -0.05) is 0 Å². The van der Waals surface area contributed by atoms with Gasteiger partial charge in [0.15, 0.2) is 0 Å². The third kappa shape index (κ3) is 6.21. The molecule has 0 aromatic carbocycles. The summed E-state index contributed by atoms with van der Waals surface area (Å²) in [5.74, 6) is -3.10. The molecule has 0 bridgehead atoms. The van der Waals surface area contributed by atoms with E-state index in [4.69, 9.17) is 9.90 Å². The van der Waals surface area contributed by atoms with Crippen molar-refractivity contribution in [1.82, 2.24) is 15.3 Å². The second kappa shape index (κ2) is 9.15. The number of hydrogen-bond donors (Lipinski definition) is 3. The average molecular weight is 401 g/mol. The molecule has 3 heterocycles. The zero-order valence-corrected chi connectivity index (χ0v) is 14.6. The number of piperidine rings is 1. The molecule has 1 fully saturated rings. The largest absolute Gasteiger partial charge is 0.490 e. The van der Waals surface area contributed by atoms with Crippen LogP contribution in [0.15, 0.2) is 29.6 Å². The Morgan fingerprint density at radius 2 is 1.79 bits per heavy atom. The molecule has 28 heavy (non-hydrogen) atoms. The summed E-state index contributed by atoms with van der Waals surface area (Å²) < 4.78 is 31.7. The van der Waals surface area contributed by atoms with Gasteiger partial charge in [0, 0.05) is 37.2 Å². The number of pyridine rings is 1. The van der Waals surface area contributed by atoms with Crippen LogP contribution in [0.2, 0.25) is 0 Å². The summed E-state index contributed by atoms with van der Waals surface area (Å²) in [5, 5.41) is 14.3. The predicted molar refractivity (Wildman–Crippen MR) is 91.3 cm³/mol. The lowest BCUT2D eigenvalue weighted by Crippen LogP contribution is -2.44. The number of carbonyl (C=O) groups is 3. The number of likely N-dealkylation sites (tertiary alicyclic amines) is 1. The highest BCUT2D eigenvalue weighted by Crippen LogP contribution is 2.17. The molecule has 1 saturated heterocycles. The third-order valence-electron chi connectivity index (χ3n) is 3.97. The second-order valence-electron chi connectivity index (χ2n) is 6.02. The minimum Gasteiger partial charge on any atom is -0.475 e. The van der Waals surface area contributed by atoms with E-state index in [1.54, 1.807) is 17.3 Å². The molecule has 0 saturated carbocycles. The number of hydrazone groups is 1. The van der Waals surface area contributed by atoms with Gasteiger partial charge < -0.3 is 15.3 Å². The van der Waals surface area contributed by atoms with E-state index in [2.05, 4.69) is 20.8 Å². The number of carboxylic acid groups (broad SMARTS) is 1. The summed E-state index contributed by atoms with van der Waals surface area (Å²) in [6.45, 7) is 1.35. The molecule has 9 nitrogen and oxygen atoms in total. The van der Waals surface area contributed by atoms with Crippen molar-refractivity contribution >= 4 is 29.2 Å². The van der Waals surface area contributed by atoms with Gasteiger partial charge in [-0.15, -0.1) is 0 Å². The van der Waals surface area contributed by atoms with Gasteiger partial charge in [-0.05, 0) is 25.0 Å². The standard InChI is InChI=1S/C14H17N5O2.C2HF3O2/c20-13-9-12(17-18-13)14(21)19-7-3-11(4-8-19)16-10-1-5-15-6-2-10;3-2(4,5)1(6)7/h1-2,5-6,11H,3-4,7-9H2,(H,15,16)(H,18,20);(H,6,7). The maximum absolute atomic E-state index is 12.2. The molecule has 0 aliphatic carbocycles. The van der Waals surface area contributed by atoms with Crippen LogP contribution in [0.4, 0.5) is 18.9 Å². The Bertz CT molecular complexity index is 746. The molecule has 1 aromatic rings. The van der Waals surface area contributed by atoms with Crippen molar-refractivity contribution in [2.75, 3.05) is 18.4 Å². The van der Waals surface area contributed by atoms with Crippen LogP contribution < -0.4 is 10.7 Å². The van der Waals surface area contributed by atoms with Crippen LogP contribution >= 0.6 is 0 Å². The summed E-state index contributed by atoms with van der Waals surface area (Å²) in [7, 11) is 0. The van der Waals surface area contributed by atoms with Crippen LogP contribution in [0.3, 0.4) is 0 Å². The molecule has 3 N–H and O–H groups in total. The van der Waals surface area contributed by atoms with Crippen LogP contribution in [0.5, 0.6) is 0 Å². The van der Waals surface area contributed by atoms with Crippen molar-refractivity contribution in [1.29, 1.82) is 0 Å². The van der Waals surface area contributed by atoms with Gasteiger partial charge in [0.05, 0.1) is 6.42 Å². The lowest BCUT2D eigenvalue weighted by molar-refractivity contribution is -0.192. The van der Waals surface area contributed by atoms with E-state index in [0.29, 0.717) is 24.8 Å². The zero-order valence-electron chi connectivity index (χ0n) is 14.6.